The highest BCUT2D eigenvalue weighted by Gasteiger charge is 2.74. The maximum absolute atomic E-state index is 12.2. The van der Waals surface area contributed by atoms with Crippen molar-refractivity contribution in [2.75, 3.05) is 0 Å². The van der Waals surface area contributed by atoms with Crippen molar-refractivity contribution in [3.05, 3.63) is 12.2 Å². The first-order valence-electron chi connectivity index (χ1n) is 14.0. The van der Waals surface area contributed by atoms with E-state index in [1.54, 1.807) is 32.9 Å². The average molecular weight is 493 g/mol. The largest absolute Gasteiger partial charge is 0.393 e. The molecule has 202 valence electrons. The van der Waals surface area contributed by atoms with Gasteiger partial charge in [-0.15, -0.1) is 0 Å². The third kappa shape index (κ3) is 3.73. The van der Waals surface area contributed by atoms with E-state index in [0.717, 1.165) is 32.1 Å². The standard InChI is InChI=1S/C30H52O5/c1-24(2,33)12-9-13-29(8,34)30(35)17-16-28(7)23(30)19(31)18-21-26(5)14-11-22(32)25(3,4)20(26)10-15-27(21,28)6/h9,12,19-23,31-35H,10-11,13-18H2,1-8H3/b12-9+/t19-,20-,21-,22-,23+,26+,27-,28-,29+,30+/m1/s1. The van der Waals surface area contributed by atoms with Crippen LogP contribution in [0.3, 0.4) is 0 Å². The number of aliphatic hydroxyl groups is 5. The van der Waals surface area contributed by atoms with Crippen molar-refractivity contribution in [3.8, 4) is 0 Å². The van der Waals surface area contributed by atoms with Crippen LogP contribution in [0.15, 0.2) is 12.2 Å². The Labute approximate surface area is 213 Å². The maximum Gasteiger partial charge on any atom is 0.0991 e. The van der Waals surface area contributed by atoms with Crippen LogP contribution in [0.4, 0.5) is 0 Å². The first kappa shape index (κ1) is 27.6. The lowest BCUT2D eigenvalue weighted by molar-refractivity contribution is -0.270. The Hall–Kier alpha value is -0.460. The van der Waals surface area contributed by atoms with Crippen LogP contribution in [-0.2, 0) is 0 Å². The number of hydrogen-bond acceptors (Lipinski definition) is 5. The molecule has 0 aliphatic heterocycles. The quantitative estimate of drug-likeness (QED) is 0.370. The SMILES string of the molecule is CC(C)(O)/C=C/C[C@](C)(O)[C@]1(O)CC[C@]2(C)[C@@H]1[C@H](O)C[C@@H]1[C@@]3(C)CC[C@@H](O)C(C)(C)[C@H]3CC[C@]12C. The molecule has 4 saturated carbocycles. The molecular formula is C30H52O5. The molecule has 5 nitrogen and oxygen atoms in total. The highest BCUT2D eigenvalue weighted by molar-refractivity contribution is 5.24. The van der Waals surface area contributed by atoms with Gasteiger partial charge in [-0.05, 0) is 106 Å². The van der Waals surface area contributed by atoms with Crippen LogP contribution in [0.5, 0.6) is 0 Å². The number of rotatable bonds is 4. The van der Waals surface area contributed by atoms with E-state index in [1.807, 2.05) is 0 Å². The minimum absolute atomic E-state index is 0.0311. The Bertz CT molecular complexity index is 857. The Kier molecular flexibility index (Phi) is 6.32. The fourth-order valence-corrected chi connectivity index (χ4v) is 10.2. The van der Waals surface area contributed by atoms with Crippen molar-refractivity contribution in [1.82, 2.24) is 0 Å². The second kappa shape index (κ2) is 8.02. The molecule has 10 atom stereocenters. The zero-order chi connectivity index (χ0) is 26.5. The highest BCUT2D eigenvalue weighted by atomic mass is 16.4. The second-order valence-electron chi connectivity index (χ2n) is 15.1. The molecule has 0 saturated heterocycles. The van der Waals surface area contributed by atoms with Crippen molar-refractivity contribution in [3.63, 3.8) is 0 Å². The van der Waals surface area contributed by atoms with E-state index in [2.05, 4.69) is 34.6 Å². The molecule has 0 bridgehead atoms. The lowest BCUT2D eigenvalue weighted by atomic mass is 9.35. The summed E-state index contributed by atoms with van der Waals surface area (Å²) in [6.45, 7) is 16.6. The van der Waals surface area contributed by atoms with Crippen LogP contribution in [0.2, 0.25) is 0 Å². The molecule has 0 radical (unpaired) electrons. The molecule has 35 heavy (non-hydrogen) atoms. The van der Waals surface area contributed by atoms with Gasteiger partial charge in [0.15, 0.2) is 0 Å². The molecule has 5 heteroatoms. The predicted octanol–water partition coefficient (Wildman–Crippen LogP) is 4.59. The number of hydrogen-bond donors (Lipinski definition) is 5. The summed E-state index contributed by atoms with van der Waals surface area (Å²) in [5.74, 6) is 0.294. The fourth-order valence-electron chi connectivity index (χ4n) is 10.2. The van der Waals surface area contributed by atoms with E-state index in [1.165, 1.54) is 0 Å². The van der Waals surface area contributed by atoms with E-state index < -0.39 is 28.8 Å². The molecule has 4 aliphatic rings. The normalized spacial score (nSPS) is 51.4. The maximum atomic E-state index is 12.2. The summed E-state index contributed by atoms with van der Waals surface area (Å²) in [7, 11) is 0. The Morgan fingerprint density at radius 3 is 2.06 bits per heavy atom. The zero-order valence-corrected chi connectivity index (χ0v) is 23.4. The van der Waals surface area contributed by atoms with Gasteiger partial charge < -0.3 is 25.5 Å². The van der Waals surface area contributed by atoms with Crippen molar-refractivity contribution in [1.29, 1.82) is 0 Å². The van der Waals surface area contributed by atoms with Crippen LogP contribution in [0.1, 0.15) is 107 Å². The van der Waals surface area contributed by atoms with Crippen LogP contribution in [0.25, 0.3) is 0 Å². The van der Waals surface area contributed by atoms with Crippen LogP contribution in [0, 0.1) is 39.4 Å². The van der Waals surface area contributed by atoms with E-state index in [0.29, 0.717) is 24.7 Å². The summed E-state index contributed by atoms with van der Waals surface area (Å²) in [4.78, 5) is 0. The molecule has 4 aliphatic carbocycles. The highest BCUT2D eigenvalue weighted by Crippen LogP contribution is 2.76. The van der Waals surface area contributed by atoms with Crippen LogP contribution < -0.4 is 0 Å². The molecule has 0 heterocycles. The van der Waals surface area contributed by atoms with Gasteiger partial charge in [0.25, 0.3) is 0 Å². The van der Waals surface area contributed by atoms with Gasteiger partial charge in [-0.3, -0.25) is 0 Å². The molecule has 0 spiro atoms. The molecule has 0 amide bonds. The molecule has 0 aromatic carbocycles. The summed E-state index contributed by atoms with van der Waals surface area (Å²) in [6.07, 6.45) is 8.37. The molecule has 4 fully saturated rings. The third-order valence-electron chi connectivity index (χ3n) is 12.4. The monoisotopic (exact) mass is 492 g/mol. The van der Waals surface area contributed by atoms with Crippen molar-refractivity contribution in [2.45, 2.75) is 136 Å². The Morgan fingerprint density at radius 1 is 0.829 bits per heavy atom. The van der Waals surface area contributed by atoms with Gasteiger partial charge in [-0.25, -0.2) is 0 Å². The molecule has 0 unspecified atom stereocenters. The zero-order valence-electron chi connectivity index (χ0n) is 23.4. The third-order valence-corrected chi connectivity index (χ3v) is 12.4. The summed E-state index contributed by atoms with van der Waals surface area (Å²) < 4.78 is 0. The summed E-state index contributed by atoms with van der Waals surface area (Å²) >= 11 is 0. The van der Waals surface area contributed by atoms with Gasteiger partial charge >= 0.3 is 0 Å². The van der Waals surface area contributed by atoms with Crippen LogP contribution in [-0.4, -0.2) is 54.5 Å². The van der Waals surface area contributed by atoms with Gasteiger partial charge in [-0.2, -0.15) is 0 Å². The first-order valence-corrected chi connectivity index (χ1v) is 14.0. The molecule has 0 aromatic rings. The summed E-state index contributed by atoms with van der Waals surface area (Å²) in [6, 6.07) is 0. The first-order chi connectivity index (χ1) is 15.8. The second-order valence-corrected chi connectivity index (χ2v) is 15.1. The Balaban J connectivity index is 1.70. The van der Waals surface area contributed by atoms with Crippen molar-refractivity contribution < 1.29 is 25.5 Å². The smallest absolute Gasteiger partial charge is 0.0991 e. The van der Waals surface area contributed by atoms with E-state index in [9.17, 15) is 25.5 Å². The molecule has 4 rings (SSSR count). The molecular weight excluding hydrogens is 440 g/mol. The lowest BCUT2D eigenvalue weighted by Gasteiger charge is -2.70. The van der Waals surface area contributed by atoms with Crippen LogP contribution >= 0.6 is 0 Å². The predicted molar refractivity (Wildman–Crippen MR) is 139 cm³/mol. The topological polar surface area (TPSA) is 101 Å². The van der Waals surface area contributed by atoms with Crippen molar-refractivity contribution >= 4 is 0 Å². The summed E-state index contributed by atoms with van der Waals surface area (Å²) in [5.41, 5.74) is -4.29. The fraction of sp³-hybridized carbons (Fsp3) is 0.933. The molecule has 5 N–H and O–H groups in total. The van der Waals surface area contributed by atoms with Gasteiger partial charge in [0.05, 0.1) is 29.0 Å². The van der Waals surface area contributed by atoms with Gasteiger partial charge in [0.2, 0.25) is 0 Å². The Morgan fingerprint density at radius 2 is 1.46 bits per heavy atom. The van der Waals surface area contributed by atoms with E-state index >= 15 is 0 Å². The average Bonchev–Trinajstić information content (AvgIpc) is 3.01. The number of aliphatic hydroxyl groups excluding tert-OH is 2. The summed E-state index contributed by atoms with van der Waals surface area (Å²) in [5, 5.41) is 56.5. The van der Waals surface area contributed by atoms with E-state index in [-0.39, 0.29) is 34.2 Å². The minimum atomic E-state index is -1.42. The minimum Gasteiger partial charge on any atom is -0.393 e. The van der Waals surface area contributed by atoms with Gasteiger partial charge in [0, 0.05) is 5.92 Å². The van der Waals surface area contributed by atoms with Gasteiger partial charge in [-0.1, -0.05) is 46.8 Å². The van der Waals surface area contributed by atoms with Crippen molar-refractivity contribution in [2.24, 2.45) is 39.4 Å². The lowest BCUT2D eigenvalue weighted by Crippen LogP contribution is -2.69. The van der Waals surface area contributed by atoms with Gasteiger partial charge in [0.1, 0.15) is 0 Å². The molecule has 0 aromatic heterocycles. The van der Waals surface area contributed by atoms with E-state index in [4.69, 9.17) is 0 Å². The number of fused-ring (bicyclic) bond motifs is 5.